The van der Waals surface area contributed by atoms with Crippen molar-refractivity contribution in [1.82, 2.24) is 9.55 Å². The molecule has 5 heteroatoms. The topological polar surface area (TPSA) is 46.9 Å². The number of aromatic nitrogens is 2. The van der Waals surface area contributed by atoms with Gasteiger partial charge >= 0.3 is 0 Å². The van der Waals surface area contributed by atoms with E-state index in [1.54, 1.807) is 0 Å². The highest BCUT2D eigenvalue weighted by Gasteiger charge is 2.16. The van der Waals surface area contributed by atoms with Crippen LogP contribution in [0.1, 0.15) is 22.6 Å². The predicted molar refractivity (Wildman–Crippen MR) is 103 cm³/mol. The number of halogens is 1. The molecule has 2 heterocycles. The van der Waals surface area contributed by atoms with Crippen molar-refractivity contribution in [2.45, 2.75) is 19.4 Å². The summed E-state index contributed by atoms with van der Waals surface area (Å²) >= 11 is 2.18. The van der Waals surface area contributed by atoms with E-state index in [0.29, 0.717) is 5.56 Å². The summed E-state index contributed by atoms with van der Waals surface area (Å²) in [4.78, 5) is 16.9. The number of nitrogens with one attached hydrogen (secondary N) is 1. The predicted octanol–water partition coefficient (Wildman–Crippen LogP) is 4.35. The van der Waals surface area contributed by atoms with Crippen LogP contribution in [0.25, 0.3) is 11.3 Å². The van der Waals surface area contributed by atoms with E-state index in [-0.39, 0.29) is 5.91 Å². The third-order valence-corrected chi connectivity index (χ3v) is 5.22. The van der Waals surface area contributed by atoms with Crippen molar-refractivity contribution >= 4 is 34.2 Å². The largest absolute Gasteiger partial charge is 0.328 e. The van der Waals surface area contributed by atoms with Crippen LogP contribution in [0.15, 0.2) is 54.7 Å². The Hall–Kier alpha value is -2.15. The Bertz CT molecular complexity index is 899. The van der Waals surface area contributed by atoms with Gasteiger partial charge in [0.2, 0.25) is 0 Å². The van der Waals surface area contributed by atoms with Gasteiger partial charge in [-0.2, -0.15) is 0 Å². The summed E-state index contributed by atoms with van der Waals surface area (Å²) in [6.45, 7) is 1.04. The molecule has 0 unspecified atom stereocenters. The molecule has 2 aromatic carbocycles. The summed E-state index contributed by atoms with van der Waals surface area (Å²) < 4.78 is 3.22. The molecule has 120 valence electrons. The van der Waals surface area contributed by atoms with Gasteiger partial charge in [0.1, 0.15) is 5.82 Å². The van der Waals surface area contributed by atoms with E-state index in [1.165, 1.54) is 12.2 Å². The molecule has 0 aliphatic carbocycles. The number of hydrogen-bond acceptors (Lipinski definition) is 2. The molecular weight excluding hydrogens is 413 g/mol. The Labute approximate surface area is 154 Å². The maximum Gasteiger partial charge on any atom is 0.256 e. The molecule has 1 amide bonds. The van der Waals surface area contributed by atoms with Crippen LogP contribution < -0.4 is 5.32 Å². The Balaban J connectivity index is 1.54. The van der Waals surface area contributed by atoms with E-state index in [2.05, 4.69) is 37.5 Å². The molecule has 3 aromatic rings. The Morgan fingerprint density at radius 3 is 2.71 bits per heavy atom. The Kier molecular flexibility index (Phi) is 4.10. The van der Waals surface area contributed by atoms with Crippen LogP contribution in [0.2, 0.25) is 0 Å². The molecule has 0 radical (unpaired) electrons. The van der Waals surface area contributed by atoms with Crippen LogP contribution in [0.4, 0.5) is 5.69 Å². The van der Waals surface area contributed by atoms with Gasteiger partial charge in [-0.05, 0) is 58.8 Å². The van der Waals surface area contributed by atoms with Gasteiger partial charge in [0.05, 0.1) is 17.5 Å². The molecule has 1 aliphatic rings. The lowest BCUT2D eigenvalue weighted by atomic mass is 10.1. The molecule has 0 saturated carbocycles. The molecular formula is C19H16IN3O. The first-order valence-electron chi connectivity index (χ1n) is 7.93. The van der Waals surface area contributed by atoms with Crippen molar-refractivity contribution in [1.29, 1.82) is 0 Å². The number of hydrogen-bond donors (Lipinski definition) is 1. The highest BCUT2D eigenvalue weighted by Crippen LogP contribution is 2.26. The van der Waals surface area contributed by atoms with Crippen LogP contribution >= 0.6 is 22.6 Å². The van der Waals surface area contributed by atoms with Gasteiger partial charge in [0.25, 0.3) is 5.91 Å². The second-order valence-corrected chi connectivity index (χ2v) is 6.99. The number of carbonyl (C=O) groups is 1. The maximum absolute atomic E-state index is 12.4. The van der Waals surface area contributed by atoms with E-state index in [0.717, 1.165) is 33.5 Å². The van der Waals surface area contributed by atoms with Crippen molar-refractivity contribution in [3.05, 3.63) is 69.7 Å². The number of imidazole rings is 1. The Morgan fingerprint density at radius 2 is 1.92 bits per heavy atom. The highest BCUT2D eigenvalue weighted by atomic mass is 127. The number of nitrogens with zero attached hydrogens (tertiary/aromatic N) is 2. The summed E-state index contributed by atoms with van der Waals surface area (Å²) in [5, 5.41) is 2.96. The van der Waals surface area contributed by atoms with Crippen LogP contribution in [-0.4, -0.2) is 15.5 Å². The van der Waals surface area contributed by atoms with Gasteiger partial charge < -0.3 is 9.88 Å². The number of aryl methyl sites for hydroxylation is 1. The van der Waals surface area contributed by atoms with Crippen molar-refractivity contribution in [3.8, 4) is 11.3 Å². The Morgan fingerprint density at radius 1 is 1.12 bits per heavy atom. The average molecular weight is 429 g/mol. The first-order valence-corrected chi connectivity index (χ1v) is 9.01. The molecule has 4 rings (SSSR count). The van der Waals surface area contributed by atoms with Crippen molar-refractivity contribution in [2.24, 2.45) is 0 Å². The third-order valence-electron chi connectivity index (χ3n) is 4.28. The first-order chi connectivity index (χ1) is 11.7. The quantitative estimate of drug-likeness (QED) is 0.630. The number of anilines is 1. The minimum absolute atomic E-state index is 0.0852. The summed E-state index contributed by atoms with van der Waals surface area (Å²) in [6, 6.07) is 15.5. The van der Waals surface area contributed by atoms with Crippen LogP contribution in [0, 0.1) is 3.57 Å². The van der Waals surface area contributed by atoms with Crippen molar-refractivity contribution in [2.75, 3.05) is 5.32 Å². The fourth-order valence-corrected chi connectivity index (χ4v) is 3.69. The molecule has 0 fully saturated rings. The minimum atomic E-state index is -0.0852. The zero-order valence-electron chi connectivity index (χ0n) is 13.0. The van der Waals surface area contributed by atoms with Gasteiger partial charge in [-0.3, -0.25) is 4.79 Å². The average Bonchev–Trinajstić information content (AvgIpc) is 3.19. The third kappa shape index (κ3) is 2.84. The molecule has 0 saturated heterocycles. The van der Waals surface area contributed by atoms with Gasteiger partial charge in [-0.25, -0.2) is 4.98 Å². The smallest absolute Gasteiger partial charge is 0.256 e. The van der Waals surface area contributed by atoms with E-state index in [1.807, 2.05) is 54.7 Å². The lowest BCUT2D eigenvalue weighted by Gasteiger charge is -2.09. The molecule has 1 N–H and O–H groups in total. The second kappa shape index (κ2) is 6.39. The van der Waals surface area contributed by atoms with Gasteiger partial charge in [-0.1, -0.05) is 24.3 Å². The number of amides is 1. The summed E-state index contributed by atoms with van der Waals surface area (Å²) in [6.07, 6.45) is 4.16. The summed E-state index contributed by atoms with van der Waals surface area (Å²) in [5.41, 5.74) is 3.77. The zero-order valence-corrected chi connectivity index (χ0v) is 15.2. The van der Waals surface area contributed by atoms with Gasteiger partial charge in [-0.15, -0.1) is 0 Å². The number of carbonyl (C=O) groups excluding carboxylic acids is 1. The molecule has 0 atom stereocenters. The van der Waals surface area contributed by atoms with Gasteiger partial charge in [0.15, 0.2) is 0 Å². The van der Waals surface area contributed by atoms with E-state index in [4.69, 9.17) is 0 Å². The lowest BCUT2D eigenvalue weighted by molar-refractivity contribution is 0.102. The van der Waals surface area contributed by atoms with Crippen molar-refractivity contribution in [3.63, 3.8) is 0 Å². The van der Waals surface area contributed by atoms with Crippen LogP contribution in [-0.2, 0) is 13.0 Å². The fraction of sp³-hybridized carbons (Fsp3) is 0.158. The first kappa shape index (κ1) is 15.4. The number of rotatable bonds is 3. The summed E-state index contributed by atoms with van der Waals surface area (Å²) in [7, 11) is 0. The molecule has 0 bridgehead atoms. The van der Waals surface area contributed by atoms with E-state index >= 15 is 0 Å². The maximum atomic E-state index is 12.4. The number of fused-ring (bicyclic) bond motifs is 1. The van der Waals surface area contributed by atoms with Crippen molar-refractivity contribution < 1.29 is 4.79 Å². The van der Waals surface area contributed by atoms with E-state index in [9.17, 15) is 4.79 Å². The SMILES string of the molecule is O=C(Nc1ccc(-c2cnc3n2CCC3)cc1)c1ccccc1I. The molecule has 1 aromatic heterocycles. The molecule has 24 heavy (non-hydrogen) atoms. The minimum Gasteiger partial charge on any atom is -0.328 e. The van der Waals surface area contributed by atoms with E-state index < -0.39 is 0 Å². The molecule has 1 aliphatic heterocycles. The number of benzene rings is 2. The standard InChI is InChI=1S/C19H16IN3O/c20-16-5-2-1-4-15(16)19(24)22-14-9-7-13(8-10-14)17-12-21-18-6-3-11-23(17)18/h1-2,4-5,7-10,12H,3,6,11H2,(H,22,24). The second-order valence-electron chi connectivity index (χ2n) is 5.83. The monoisotopic (exact) mass is 429 g/mol. The molecule has 4 nitrogen and oxygen atoms in total. The highest BCUT2D eigenvalue weighted by molar-refractivity contribution is 14.1. The summed E-state index contributed by atoms with van der Waals surface area (Å²) in [5.74, 6) is 1.08. The lowest BCUT2D eigenvalue weighted by Crippen LogP contribution is -2.13. The molecule has 0 spiro atoms. The van der Waals surface area contributed by atoms with Crippen LogP contribution in [0.3, 0.4) is 0 Å². The normalized spacial score (nSPS) is 12.9. The van der Waals surface area contributed by atoms with Gasteiger partial charge in [0, 0.05) is 22.2 Å². The zero-order chi connectivity index (χ0) is 16.5. The van der Waals surface area contributed by atoms with Crippen LogP contribution in [0.5, 0.6) is 0 Å². The fourth-order valence-electron chi connectivity index (χ4n) is 3.06.